The SMILES string of the molecule is Cc1ccc(S(=O)(=O)N(CC(C)C)c2ccc(F)[c-]c2F)cc1.[Ti]. The van der Waals surface area contributed by atoms with Gasteiger partial charge in [-0.25, -0.2) is 17.2 Å². The molecule has 0 bridgehead atoms. The van der Waals surface area contributed by atoms with Gasteiger partial charge in [0, 0.05) is 39.9 Å². The maximum Gasteiger partial charge on any atom is 0.254 e. The predicted octanol–water partition coefficient (Wildman–Crippen LogP) is 3.92. The van der Waals surface area contributed by atoms with Gasteiger partial charge in [-0.1, -0.05) is 31.5 Å². The minimum absolute atomic E-state index is 0. The molecule has 2 aromatic carbocycles. The topological polar surface area (TPSA) is 37.4 Å². The Morgan fingerprint density at radius 2 is 1.67 bits per heavy atom. The van der Waals surface area contributed by atoms with Gasteiger partial charge in [-0.3, -0.25) is 0 Å². The van der Waals surface area contributed by atoms with Crippen molar-refractivity contribution in [1.82, 2.24) is 0 Å². The van der Waals surface area contributed by atoms with Crippen molar-refractivity contribution in [3.05, 3.63) is 59.7 Å². The summed E-state index contributed by atoms with van der Waals surface area (Å²) in [5.74, 6) is -1.94. The van der Waals surface area contributed by atoms with Crippen LogP contribution in [0.3, 0.4) is 0 Å². The van der Waals surface area contributed by atoms with Gasteiger partial charge >= 0.3 is 0 Å². The number of anilines is 1. The Hall–Kier alpha value is -1.24. The van der Waals surface area contributed by atoms with Crippen molar-refractivity contribution in [3.8, 4) is 0 Å². The van der Waals surface area contributed by atoms with Gasteiger partial charge in [0.1, 0.15) is 0 Å². The van der Waals surface area contributed by atoms with E-state index in [2.05, 4.69) is 0 Å². The van der Waals surface area contributed by atoms with Gasteiger partial charge in [0.25, 0.3) is 10.0 Å². The molecule has 0 radical (unpaired) electrons. The van der Waals surface area contributed by atoms with E-state index in [-0.39, 0.29) is 44.8 Å². The van der Waals surface area contributed by atoms with Crippen LogP contribution in [0.25, 0.3) is 0 Å². The predicted molar refractivity (Wildman–Crippen MR) is 85.7 cm³/mol. The number of benzene rings is 2. The molecule has 0 aliphatic rings. The van der Waals surface area contributed by atoms with E-state index < -0.39 is 21.7 Å². The maximum absolute atomic E-state index is 14.1. The Morgan fingerprint density at radius 1 is 1.08 bits per heavy atom. The summed E-state index contributed by atoms with van der Waals surface area (Å²) in [5.41, 5.74) is 0.710. The molecule has 0 N–H and O–H groups in total. The number of rotatable bonds is 5. The molecule has 2 aromatic rings. The summed E-state index contributed by atoms with van der Waals surface area (Å²) >= 11 is 0. The van der Waals surface area contributed by atoms with Gasteiger partial charge in [0.15, 0.2) is 0 Å². The molecule has 0 saturated heterocycles. The van der Waals surface area contributed by atoms with E-state index in [4.69, 9.17) is 0 Å². The average molecular weight is 386 g/mol. The number of halogens is 2. The van der Waals surface area contributed by atoms with Crippen molar-refractivity contribution in [2.24, 2.45) is 5.92 Å². The molecular weight excluding hydrogens is 368 g/mol. The molecule has 0 aliphatic carbocycles. The Balaban J connectivity index is 0.00000288. The fourth-order valence-electron chi connectivity index (χ4n) is 2.12. The van der Waals surface area contributed by atoms with Crippen LogP contribution in [-0.4, -0.2) is 15.0 Å². The summed E-state index contributed by atoms with van der Waals surface area (Å²) in [4.78, 5) is 0.0625. The number of sulfonamides is 1. The zero-order valence-electron chi connectivity index (χ0n) is 13.7. The molecule has 0 aliphatic heterocycles. The van der Waals surface area contributed by atoms with Gasteiger partial charge in [0.05, 0.1) is 4.90 Å². The molecule has 2 rings (SSSR count). The summed E-state index contributed by atoms with van der Waals surface area (Å²) in [5, 5.41) is 0. The first kappa shape index (κ1) is 20.8. The van der Waals surface area contributed by atoms with Crippen LogP contribution in [0, 0.1) is 30.5 Å². The third kappa shape index (κ3) is 4.65. The van der Waals surface area contributed by atoms with Gasteiger partial charge < -0.3 is 4.31 Å². The molecule has 0 saturated carbocycles. The fourth-order valence-corrected chi connectivity index (χ4v) is 3.75. The van der Waals surface area contributed by atoms with Crippen molar-refractivity contribution in [2.75, 3.05) is 10.8 Å². The summed E-state index contributed by atoms with van der Waals surface area (Å²) in [6.07, 6.45) is 0. The molecule has 0 aromatic heterocycles. The van der Waals surface area contributed by atoms with Crippen LogP contribution in [0.5, 0.6) is 0 Å². The Bertz CT molecular complexity index is 793. The number of aryl methyl sites for hydroxylation is 1. The molecule has 128 valence electrons. The van der Waals surface area contributed by atoms with Crippen LogP contribution in [0.15, 0.2) is 41.3 Å². The standard InChI is InChI=1S/C17H18F2NO2S.Ti/c1-12(2)11-20(17-9-6-14(18)10-16(17)19)23(21,22)15-7-4-13(3)5-8-15;/h4-9,12H,11H2,1-3H3;/q-1;. The first-order valence-corrected chi connectivity index (χ1v) is 8.62. The number of nitrogens with zero attached hydrogens (tertiary/aromatic N) is 1. The second-order valence-electron chi connectivity index (χ2n) is 5.75. The molecule has 24 heavy (non-hydrogen) atoms. The molecule has 7 heteroatoms. The van der Waals surface area contributed by atoms with Gasteiger partial charge in [-0.2, -0.15) is 0 Å². The molecule has 0 fully saturated rings. The number of hydrogen-bond donors (Lipinski definition) is 0. The first-order valence-electron chi connectivity index (χ1n) is 7.18. The van der Waals surface area contributed by atoms with Gasteiger partial charge in [-0.15, -0.1) is 18.2 Å². The molecule has 0 spiro atoms. The van der Waals surface area contributed by atoms with Crippen molar-refractivity contribution >= 4 is 15.7 Å². The first-order chi connectivity index (χ1) is 10.7. The molecule has 0 unspecified atom stereocenters. The van der Waals surface area contributed by atoms with Gasteiger partial charge in [0.2, 0.25) is 0 Å². The van der Waals surface area contributed by atoms with E-state index in [1.807, 2.05) is 26.8 Å². The second-order valence-corrected chi connectivity index (χ2v) is 7.61. The minimum atomic E-state index is -3.95. The monoisotopic (exact) mass is 386 g/mol. The van der Waals surface area contributed by atoms with E-state index >= 15 is 0 Å². The van der Waals surface area contributed by atoms with Crippen molar-refractivity contribution in [2.45, 2.75) is 25.7 Å². The normalized spacial score (nSPS) is 11.2. The molecular formula is C17H18F2NO2STi-. The Morgan fingerprint density at radius 3 is 2.17 bits per heavy atom. The average Bonchev–Trinajstić information content (AvgIpc) is 2.45. The second kappa shape index (κ2) is 8.23. The Kier molecular flexibility index (Phi) is 7.14. The molecule has 0 heterocycles. The quantitative estimate of drug-likeness (QED) is 0.577. The van der Waals surface area contributed by atoms with Crippen molar-refractivity contribution < 1.29 is 38.9 Å². The largest absolute Gasteiger partial charge is 0.316 e. The molecule has 0 atom stereocenters. The van der Waals surface area contributed by atoms with E-state index in [1.165, 1.54) is 12.1 Å². The van der Waals surface area contributed by atoms with Crippen LogP contribution >= 0.6 is 0 Å². The van der Waals surface area contributed by atoms with Gasteiger partial charge in [-0.05, 0) is 30.7 Å². The fraction of sp³-hybridized carbons (Fsp3) is 0.294. The molecule has 0 amide bonds. The summed E-state index contributed by atoms with van der Waals surface area (Å²) in [6.45, 7) is 5.56. The van der Waals surface area contributed by atoms with E-state index in [9.17, 15) is 17.2 Å². The number of hydrogen-bond acceptors (Lipinski definition) is 2. The van der Waals surface area contributed by atoms with Crippen LogP contribution in [0.4, 0.5) is 14.5 Å². The third-order valence-electron chi connectivity index (χ3n) is 3.25. The third-order valence-corrected chi connectivity index (χ3v) is 5.04. The van der Waals surface area contributed by atoms with Crippen molar-refractivity contribution in [1.29, 1.82) is 0 Å². The summed E-state index contributed by atoms with van der Waals surface area (Å²) in [7, 11) is -3.95. The van der Waals surface area contributed by atoms with Crippen LogP contribution < -0.4 is 4.31 Å². The van der Waals surface area contributed by atoms with E-state index in [0.29, 0.717) is 0 Å². The Labute approximate surface area is 156 Å². The van der Waals surface area contributed by atoms with E-state index in [1.54, 1.807) is 12.1 Å². The van der Waals surface area contributed by atoms with Crippen LogP contribution in [-0.2, 0) is 31.7 Å². The smallest absolute Gasteiger partial charge is 0.254 e. The zero-order chi connectivity index (χ0) is 17.2. The zero-order valence-corrected chi connectivity index (χ0v) is 16.1. The minimum Gasteiger partial charge on any atom is -0.316 e. The van der Waals surface area contributed by atoms with Crippen LogP contribution in [0.1, 0.15) is 19.4 Å². The summed E-state index contributed by atoms with van der Waals surface area (Å²) in [6, 6.07) is 10.3. The van der Waals surface area contributed by atoms with E-state index in [0.717, 1.165) is 22.0 Å². The van der Waals surface area contributed by atoms with Crippen LogP contribution in [0.2, 0.25) is 0 Å². The molecule has 3 nitrogen and oxygen atoms in total. The van der Waals surface area contributed by atoms with Crippen molar-refractivity contribution in [3.63, 3.8) is 0 Å². The summed E-state index contributed by atoms with van der Waals surface area (Å²) < 4.78 is 53.8. The maximum atomic E-state index is 14.1.